The van der Waals surface area contributed by atoms with Gasteiger partial charge in [0.25, 0.3) is 0 Å². The summed E-state index contributed by atoms with van der Waals surface area (Å²) < 4.78 is 0. The van der Waals surface area contributed by atoms with E-state index in [4.69, 9.17) is 6.92 Å². The van der Waals surface area contributed by atoms with Gasteiger partial charge in [0.15, 0.2) is 0 Å². The van der Waals surface area contributed by atoms with Crippen LogP contribution >= 0.6 is 0 Å². The van der Waals surface area contributed by atoms with Crippen LogP contribution in [0, 0.1) is 6.92 Å². The number of hydrogen-bond donors (Lipinski definition) is 1. The quantitative estimate of drug-likeness (QED) is 0.558. The molecule has 0 aromatic rings. The molecule has 0 aliphatic carbocycles. The summed E-state index contributed by atoms with van der Waals surface area (Å²) in [5.74, 6) is 0. The molecule has 0 saturated carbocycles. The molecule has 0 aromatic heterocycles. The molecule has 0 spiro atoms. The molecule has 0 saturated heterocycles. The Hall–Kier alpha value is -0.0400. The van der Waals surface area contributed by atoms with Crippen molar-refractivity contribution in [3.05, 3.63) is 6.92 Å². The first-order valence-electron chi connectivity index (χ1n) is 2.74. The van der Waals surface area contributed by atoms with Crippen LogP contribution in [0.1, 0.15) is 20.3 Å². The van der Waals surface area contributed by atoms with Crippen molar-refractivity contribution < 1.29 is 0 Å². The third kappa shape index (κ3) is 3.80. The first kappa shape index (κ1) is 6.96. The van der Waals surface area contributed by atoms with Crippen molar-refractivity contribution in [2.45, 2.75) is 26.3 Å². The van der Waals surface area contributed by atoms with Crippen molar-refractivity contribution in [2.24, 2.45) is 0 Å². The second-order valence-electron chi connectivity index (χ2n) is 1.72. The van der Waals surface area contributed by atoms with E-state index in [1.54, 1.807) is 0 Å². The average molecular weight is 99.2 g/mol. The van der Waals surface area contributed by atoms with E-state index < -0.39 is 0 Å². The molecule has 0 aromatic carbocycles. The molecule has 0 amide bonds. The molecule has 1 heteroatoms. The van der Waals surface area contributed by atoms with Gasteiger partial charge in [-0.2, -0.15) is 0 Å². The summed E-state index contributed by atoms with van der Waals surface area (Å²) in [5.41, 5.74) is 0. The topological polar surface area (TPSA) is 12.0 Å². The molecule has 0 fully saturated rings. The van der Waals surface area contributed by atoms with Crippen molar-refractivity contribution in [3.8, 4) is 0 Å². The van der Waals surface area contributed by atoms with Crippen LogP contribution in [0.3, 0.4) is 0 Å². The van der Waals surface area contributed by atoms with Gasteiger partial charge in [0.05, 0.1) is 0 Å². The fourth-order valence-electron chi connectivity index (χ4n) is 0.346. The molecular formula is C6H13N. The fourth-order valence-corrected chi connectivity index (χ4v) is 0.346. The lowest BCUT2D eigenvalue weighted by atomic mass is 10.3. The van der Waals surface area contributed by atoms with Gasteiger partial charge < -0.3 is 5.32 Å². The zero-order chi connectivity index (χ0) is 5.70. The molecular weight excluding hydrogens is 86.1 g/mol. The van der Waals surface area contributed by atoms with Crippen LogP contribution < -0.4 is 5.32 Å². The summed E-state index contributed by atoms with van der Waals surface area (Å²) in [7, 11) is 0. The highest BCUT2D eigenvalue weighted by Gasteiger charge is 1.90. The van der Waals surface area contributed by atoms with Gasteiger partial charge in [-0.15, -0.1) is 0 Å². The van der Waals surface area contributed by atoms with Gasteiger partial charge >= 0.3 is 0 Å². The van der Waals surface area contributed by atoms with E-state index in [2.05, 4.69) is 19.2 Å². The van der Waals surface area contributed by atoms with Crippen molar-refractivity contribution in [2.75, 3.05) is 6.54 Å². The first-order chi connectivity index (χ1) is 3.31. The lowest BCUT2D eigenvalue weighted by Crippen LogP contribution is -2.24. The Kier molecular flexibility index (Phi) is 4.10. The zero-order valence-electron chi connectivity index (χ0n) is 5.07. The molecule has 7 heavy (non-hydrogen) atoms. The largest absolute Gasteiger partial charge is 0.314 e. The minimum atomic E-state index is 0.574. The Labute approximate surface area is 46.1 Å². The summed E-state index contributed by atoms with van der Waals surface area (Å²) in [6.07, 6.45) is 1.15. The smallest absolute Gasteiger partial charge is 0.00362 e. The highest BCUT2D eigenvalue weighted by Crippen LogP contribution is 1.84. The second-order valence-corrected chi connectivity index (χ2v) is 1.72. The molecule has 0 rings (SSSR count). The number of nitrogens with one attached hydrogen (secondary N) is 1. The van der Waals surface area contributed by atoms with E-state index in [0.29, 0.717) is 12.6 Å². The molecule has 0 bridgehead atoms. The molecule has 0 aliphatic rings. The molecule has 1 nitrogen and oxygen atoms in total. The number of hydrogen-bond acceptors (Lipinski definition) is 1. The Morgan fingerprint density at radius 3 is 2.43 bits per heavy atom. The lowest BCUT2D eigenvalue weighted by molar-refractivity contribution is 0.566. The van der Waals surface area contributed by atoms with Crippen molar-refractivity contribution in [1.82, 2.24) is 5.32 Å². The van der Waals surface area contributed by atoms with E-state index in [0.717, 1.165) is 6.42 Å². The standard InChI is InChI=1S/C6H13N/c1-4-6(3)7-5-2/h2,6-7H,4-5H2,1,3H3. The maximum absolute atomic E-state index is 5.19. The van der Waals surface area contributed by atoms with Crippen LogP contribution in [0.2, 0.25) is 0 Å². The Balaban J connectivity index is 2.83. The minimum absolute atomic E-state index is 0.574. The van der Waals surface area contributed by atoms with Gasteiger partial charge in [0.2, 0.25) is 0 Å². The highest BCUT2D eigenvalue weighted by atomic mass is 14.9. The van der Waals surface area contributed by atoms with Crippen LogP contribution in [0.5, 0.6) is 0 Å². The van der Waals surface area contributed by atoms with Gasteiger partial charge in [-0.25, -0.2) is 0 Å². The van der Waals surface area contributed by atoms with Crippen molar-refractivity contribution >= 4 is 0 Å². The predicted octanol–water partition coefficient (Wildman–Crippen LogP) is 1.09. The zero-order valence-corrected chi connectivity index (χ0v) is 5.07. The highest BCUT2D eigenvalue weighted by molar-refractivity contribution is 4.56. The van der Waals surface area contributed by atoms with Crippen molar-refractivity contribution in [3.63, 3.8) is 0 Å². The maximum atomic E-state index is 5.19. The molecule has 0 heterocycles. The minimum Gasteiger partial charge on any atom is -0.314 e. The molecule has 1 atom stereocenters. The summed E-state index contributed by atoms with van der Waals surface area (Å²) >= 11 is 0. The normalized spacial score (nSPS) is 14.1. The van der Waals surface area contributed by atoms with E-state index in [9.17, 15) is 0 Å². The van der Waals surface area contributed by atoms with Gasteiger partial charge in [-0.1, -0.05) is 6.92 Å². The third-order valence-electron chi connectivity index (χ3n) is 1.08. The monoisotopic (exact) mass is 99.1 g/mol. The molecule has 1 N–H and O–H groups in total. The molecule has 0 aliphatic heterocycles. The van der Waals surface area contributed by atoms with E-state index in [1.165, 1.54) is 0 Å². The van der Waals surface area contributed by atoms with E-state index >= 15 is 0 Å². The van der Waals surface area contributed by atoms with Crippen LogP contribution in [0.25, 0.3) is 0 Å². The van der Waals surface area contributed by atoms with Gasteiger partial charge in [-0.05, 0) is 26.8 Å². The van der Waals surface area contributed by atoms with E-state index in [-0.39, 0.29) is 0 Å². The Morgan fingerprint density at radius 2 is 2.29 bits per heavy atom. The average Bonchev–Trinajstić information content (AvgIpc) is 1.68. The lowest BCUT2D eigenvalue weighted by Gasteiger charge is -2.06. The predicted molar refractivity (Wildman–Crippen MR) is 32.1 cm³/mol. The summed E-state index contributed by atoms with van der Waals surface area (Å²) in [5, 5.41) is 3.07. The van der Waals surface area contributed by atoms with Crippen LogP contribution in [-0.2, 0) is 0 Å². The SMILES string of the molecule is [CH]CNC(C)CC. The van der Waals surface area contributed by atoms with E-state index in [1.807, 2.05) is 0 Å². The number of rotatable bonds is 3. The van der Waals surface area contributed by atoms with Crippen LogP contribution in [0.15, 0.2) is 0 Å². The first-order valence-corrected chi connectivity index (χ1v) is 2.74. The van der Waals surface area contributed by atoms with Gasteiger partial charge in [-0.3, -0.25) is 0 Å². The summed E-state index contributed by atoms with van der Waals surface area (Å²) in [4.78, 5) is 0. The Bertz CT molecular complexity index is 35.2. The molecule has 42 valence electrons. The fraction of sp³-hybridized carbons (Fsp3) is 0.833. The summed E-state index contributed by atoms with van der Waals surface area (Å²) in [6, 6.07) is 0.574. The van der Waals surface area contributed by atoms with Crippen LogP contribution in [0.4, 0.5) is 0 Å². The van der Waals surface area contributed by atoms with Gasteiger partial charge in [0.1, 0.15) is 0 Å². The van der Waals surface area contributed by atoms with Crippen LogP contribution in [-0.4, -0.2) is 12.6 Å². The summed E-state index contributed by atoms with van der Waals surface area (Å²) in [6.45, 7) is 10.0. The van der Waals surface area contributed by atoms with Crippen molar-refractivity contribution in [1.29, 1.82) is 0 Å². The molecule has 2 radical (unpaired) electrons. The third-order valence-corrected chi connectivity index (χ3v) is 1.08. The second kappa shape index (κ2) is 4.13. The Morgan fingerprint density at radius 1 is 1.71 bits per heavy atom. The van der Waals surface area contributed by atoms with Gasteiger partial charge in [0, 0.05) is 6.04 Å². The molecule has 1 unspecified atom stereocenters. The maximum Gasteiger partial charge on any atom is 0.00362 e.